The van der Waals surface area contributed by atoms with E-state index in [0.717, 1.165) is 5.69 Å². The fourth-order valence-corrected chi connectivity index (χ4v) is 0.927. The summed E-state index contributed by atoms with van der Waals surface area (Å²) in [4.78, 5) is 3.98. The Balaban J connectivity index is 3.03. The van der Waals surface area contributed by atoms with E-state index in [9.17, 15) is 5.11 Å². The van der Waals surface area contributed by atoms with Crippen molar-refractivity contribution in [2.24, 2.45) is 4.99 Å². The molecule has 0 amide bonds. The lowest BCUT2D eigenvalue weighted by molar-refractivity contribution is 0.477. The molecule has 0 spiro atoms. The van der Waals surface area contributed by atoms with Crippen LogP contribution in [-0.4, -0.2) is 18.4 Å². The van der Waals surface area contributed by atoms with Gasteiger partial charge in [-0.2, -0.15) is 0 Å². The first-order valence-corrected chi connectivity index (χ1v) is 3.77. The van der Waals surface area contributed by atoms with Crippen molar-refractivity contribution >= 4 is 17.6 Å². The highest BCUT2D eigenvalue weighted by Gasteiger charge is 1.98. The van der Waals surface area contributed by atoms with Gasteiger partial charge in [-0.1, -0.05) is 0 Å². The molecule has 0 saturated heterocycles. The minimum Gasteiger partial charge on any atom is -0.506 e. The van der Waals surface area contributed by atoms with E-state index in [0.29, 0.717) is 5.69 Å². The highest BCUT2D eigenvalue weighted by atomic mass is 16.3. The molecule has 0 saturated carbocycles. The molecular formula is C9H12N2O. The van der Waals surface area contributed by atoms with E-state index < -0.39 is 0 Å². The van der Waals surface area contributed by atoms with Gasteiger partial charge >= 0.3 is 0 Å². The summed E-state index contributed by atoms with van der Waals surface area (Å²) in [5, 5.41) is 12.3. The predicted octanol–water partition coefficient (Wildman–Crippen LogP) is 2.16. The molecule has 1 aromatic rings. The van der Waals surface area contributed by atoms with Crippen LogP contribution in [0.25, 0.3) is 0 Å². The SMILES string of the molecule is CC=Nc1ccc(NC)cc1O. The normalized spacial score (nSPS) is 10.5. The quantitative estimate of drug-likeness (QED) is 0.658. The highest BCUT2D eigenvalue weighted by Crippen LogP contribution is 2.28. The maximum atomic E-state index is 9.40. The van der Waals surface area contributed by atoms with Gasteiger partial charge in [0.2, 0.25) is 0 Å². The van der Waals surface area contributed by atoms with Crippen molar-refractivity contribution in [1.29, 1.82) is 0 Å². The monoisotopic (exact) mass is 164 g/mol. The first-order valence-electron chi connectivity index (χ1n) is 3.77. The smallest absolute Gasteiger partial charge is 0.143 e. The molecule has 0 heterocycles. The molecule has 0 aromatic heterocycles. The second-order valence-corrected chi connectivity index (χ2v) is 2.34. The lowest BCUT2D eigenvalue weighted by atomic mass is 10.2. The molecule has 12 heavy (non-hydrogen) atoms. The highest BCUT2D eigenvalue weighted by molar-refractivity contribution is 5.67. The maximum Gasteiger partial charge on any atom is 0.143 e. The van der Waals surface area contributed by atoms with Gasteiger partial charge in [0, 0.05) is 25.0 Å². The average molecular weight is 164 g/mol. The number of phenols is 1. The van der Waals surface area contributed by atoms with Crippen LogP contribution in [0, 0.1) is 0 Å². The van der Waals surface area contributed by atoms with Crippen molar-refractivity contribution in [2.75, 3.05) is 12.4 Å². The van der Waals surface area contributed by atoms with E-state index in [2.05, 4.69) is 10.3 Å². The summed E-state index contributed by atoms with van der Waals surface area (Å²) in [5.74, 6) is 0.194. The first kappa shape index (κ1) is 8.59. The Hall–Kier alpha value is -1.51. The van der Waals surface area contributed by atoms with Crippen molar-refractivity contribution in [2.45, 2.75) is 6.92 Å². The Labute approximate surface area is 71.8 Å². The van der Waals surface area contributed by atoms with Crippen molar-refractivity contribution in [1.82, 2.24) is 0 Å². The molecular weight excluding hydrogens is 152 g/mol. The van der Waals surface area contributed by atoms with Gasteiger partial charge in [-0.05, 0) is 19.1 Å². The first-order chi connectivity index (χ1) is 5.77. The van der Waals surface area contributed by atoms with E-state index in [1.165, 1.54) is 0 Å². The molecule has 0 radical (unpaired) electrons. The average Bonchev–Trinajstić information content (AvgIpc) is 2.09. The van der Waals surface area contributed by atoms with Crippen molar-refractivity contribution in [3.8, 4) is 5.75 Å². The zero-order valence-electron chi connectivity index (χ0n) is 7.20. The zero-order chi connectivity index (χ0) is 8.97. The third-order valence-electron chi connectivity index (χ3n) is 1.53. The largest absolute Gasteiger partial charge is 0.506 e. The zero-order valence-corrected chi connectivity index (χ0v) is 7.20. The topological polar surface area (TPSA) is 44.6 Å². The fraction of sp³-hybridized carbons (Fsp3) is 0.222. The van der Waals surface area contributed by atoms with Gasteiger partial charge < -0.3 is 10.4 Å². The number of rotatable bonds is 2. The van der Waals surface area contributed by atoms with Crippen LogP contribution in [-0.2, 0) is 0 Å². The summed E-state index contributed by atoms with van der Waals surface area (Å²) >= 11 is 0. The molecule has 3 nitrogen and oxygen atoms in total. The van der Waals surface area contributed by atoms with Gasteiger partial charge in [0.25, 0.3) is 0 Å². The van der Waals surface area contributed by atoms with E-state index in [-0.39, 0.29) is 5.75 Å². The molecule has 1 aromatic carbocycles. The van der Waals surface area contributed by atoms with Crippen LogP contribution in [0.1, 0.15) is 6.92 Å². The van der Waals surface area contributed by atoms with Gasteiger partial charge in [0.05, 0.1) is 0 Å². The Morgan fingerprint density at radius 2 is 2.25 bits per heavy atom. The molecule has 0 aliphatic rings. The number of phenolic OH excluding ortho intramolecular Hbond substituents is 1. The molecule has 2 N–H and O–H groups in total. The van der Waals surface area contributed by atoms with E-state index >= 15 is 0 Å². The summed E-state index contributed by atoms with van der Waals surface area (Å²) in [6.45, 7) is 1.81. The molecule has 0 bridgehead atoms. The summed E-state index contributed by atoms with van der Waals surface area (Å²) in [6, 6.07) is 5.27. The van der Waals surface area contributed by atoms with Crippen LogP contribution < -0.4 is 5.32 Å². The second kappa shape index (κ2) is 3.76. The molecule has 0 unspecified atom stereocenters. The Morgan fingerprint density at radius 1 is 1.50 bits per heavy atom. The molecule has 3 heteroatoms. The minimum absolute atomic E-state index is 0.194. The number of hydrogen-bond donors (Lipinski definition) is 2. The number of aliphatic imine (C=N–C) groups is 1. The number of aromatic hydroxyl groups is 1. The van der Waals surface area contributed by atoms with Crippen molar-refractivity contribution < 1.29 is 5.11 Å². The number of nitrogens with zero attached hydrogens (tertiary/aromatic N) is 1. The van der Waals surface area contributed by atoms with Crippen LogP contribution in [0.2, 0.25) is 0 Å². The Bertz CT molecular complexity index is 295. The van der Waals surface area contributed by atoms with Crippen LogP contribution in [0.3, 0.4) is 0 Å². The standard InChI is InChI=1S/C9H12N2O/c1-3-11-8-5-4-7(10-2)6-9(8)12/h3-6,10,12H,1-2H3. The summed E-state index contributed by atoms with van der Waals surface area (Å²) in [5.41, 5.74) is 1.47. The van der Waals surface area contributed by atoms with Crippen molar-refractivity contribution in [3.63, 3.8) is 0 Å². The minimum atomic E-state index is 0.194. The Kier molecular flexibility index (Phi) is 2.69. The van der Waals surface area contributed by atoms with Gasteiger partial charge in [-0.3, -0.25) is 4.99 Å². The van der Waals surface area contributed by atoms with E-state index in [1.807, 2.05) is 13.0 Å². The molecule has 1 rings (SSSR count). The lowest BCUT2D eigenvalue weighted by Crippen LogP contribution is -1.86. The van der Waals surface area contributed by atoms with Crippen LogP contribution in [0.4, 0.5) is 11.4 Å². The number of benzene rings is 1. The third kappa shape index (κ3) is 1.75. The third-order valence-corrected chi connectivity index (χ3v) is 1.53. The number of hydrogen-bond acceptors (Lipinski definition) is 3. The van der Waals surface area contributed by atoms with Gasteiger partial charge in [0.15, 0.2) is 0 Å². The number of nitrogens with one attached hydrogen (secondary N) is 1. The maximum absolute atomic E-state index is 9.40. The number of anilines is 1. The van der Waals surface area contributed by atoms with Gasteiger partial charge in [-0.25, -0.2) is 0 Å². The van der Waals surface area contributed by atoms with Crippen LogP contribution in [0.5, 0.6) is 5.75 Å². The molecule has 0 fully saturated rings. The second-order valence-electron chi connectivity index (χ2n) is 2.34. The van der Waals surface area contributed by atoms with Gasteiger partial charge in [-0.15, -0.1) is 0 Å². The summed E-state index contributed by atoms with van der Waals surface area (Å²) in [7, 11) is 1.80. The van der Waals surface area contributed by atoms with Crippen molar-refractivity contribution in [3.05, 3.63) is 18.2 Å². The molecule has 0 atom stereocenters. The Morgan fingerprint density at radius 3 is 2.75 bits per heavy atom. The summed E-state index contributed by atoms with van der Waals surface area (Å²) < 4.78 is 0. The van der Waals surface area contributed by atoms with Gasteiger partial charge in [0.1, 0.15) is 11.4 Å². The summed E-state index contributed by atoms with van der Waals surface area (Å²) in [6.07, 6.45) is 1.65. The van der Waals surface area contributed by atoms with Crippen LogP contribution in [0.15, 0.2) is 23.2 Å². The fourth-order valence-electron chi connectivity index (χ4n) is 0.927. The van der Waals surface area contributed by atoms with E-state index in [1.54, 1.807) is 25.4 Å². The lowest BCUT2D eigenvalue weighted by Gasteiger charge is -2.02. The predicted molar refractivity (Wildman–Crippen MR) is 51.5 cm³/mol. The molecule has 64 valence electrons. The molecule has 0 aliphatic heterocycles. The van der Waals surface area contributed by atoms with Crippen LogP contribution >= 0.6 is 0 Å². The molecule has 0 aliphatic carbocycles. The van der Waals surface area contributed by atoms with E-state index in [4.69, 9.17) is 0 Å².